The van der Waals surface area contributed by atoms with Crippen molar-refractivity contribution < 1.29 is 0 Å². The molecule has 3 heteroatoms. The van der Waals surface area contributed by atoms with Gasteiger partial charge in [0.2, 0.25) is 0 Å². The first kappa shape index (κ1) is 9.56. The number of allylic oxidation sites excluding steroid dienone is 1. The minimum Gasteiger partial charge on any atom is -0.282 e. The molecule has 0 spiro atoms. The van der Waals surface area contributed by atoms with E-state index < -0.39 is 0 Å². The first-order valence-electron chi connectivity index (χ1n) is 4.60. The zero-order chi connectivity index (χ0) is 10.1. The summed E-state index contributed by atoms with van der Waals surface area (Å²) in [6, 6.07) is 6.02. The number of rotatable bonds is 1. The lowest BCUT2D eigenvalue weighted by Gasteiger charge is -2.31. The molecule has 1 aromatic rings. The van der Waals surface area contributed by atoms with Gasteiger partial charge in [0.05, 0.1) is 5.69 Å². The number of hydrazine groups is 1. The van der Waals surface area contributed by atoms with Gasteiger partial charge in [-0.25, -0.2) is 5.01 Å². The van der Waals surface area contributed by atoms with E-state index in [0.717, 1.165) is 11.4 Å². The highest BCUT2D eigenvalue weighted by Gasteiger charge is 2.14. The zero-order valence-electron chi connectivity index (χ0n) is 8.37. The molecule has 74 valence electrons. The maximum atomic E-state index is 5.98. The minimum absolute atomic E-state index is 0.783. The fraction of sp³-hybridized carbons (Fsp3) is 0.273. The van der Waals surface area contributed by atoms with Crippen LogP contribution < -0.4 is 5.01 Å². The smallest absolute Gasteiger partial charge is 0.0622 e. The van der Waals surface area contributed by atoms with Crippen molar-refractivity contribution in [3.8, 4) is 0 Å². The Morgan fingerprint density at radius 3 is 2.86 bits per heavy atom. The van der Waals surface area contributed by atoms with Crippen LogP contribution in [0, 0.1) is 0 Å². The largest absolute Gasteiger partial charge is 0.282 e. The Labute approximate surface area is 89.4 Å². The van der Waals surface area contributed by atoms with E-state index in [1.165, 1.54) is 11.3 Å². The molecule has 0 atom stereocenters. The van der Waals surface area contributed by atoms with Crippen molar-refractivity contribution in [3.05, 3.63) is 41.1 Å². The summed E-state index contributed by atoms with van der Waals surface area (Å²) in [5, 5.41) is 4.90. The summed E-state index contributed by atoms with van der Waals surface area (Å²) in [5.41, 5.74) is 2.48. The third-order valence-corrected chi connectivity index (χ3v) is 2.54. The molecule has 0 fully saturated rings. The monoisotopic (exact) mass is 208 g/mol. The van der Waals surface area contributed by atoms with E-state index >= 15 is 0 Å². The summed E-state index contributed by atoms with van der Waals surface area (Å²) in [5.74, 6) is 0. The Balaban J connectivity index is 2.46. The van der Waals surface area contributed by atoms with E-state index in [1.807, 2.05) is 31.2 Å². The van der Waals surface area contributed by atoms with Crippen LogP contribution in [0.5, 0.6) is 0 Å². The first-order chi connectivity index (χ1) is 6.68. The van der Waals surface area contributed by atoms with Crippen LogP contribution in [0.25, 0.3) is 0 Å². The number of benzene rings is 1. The molecule has 0 saturated heterocycles. The van der Waals surface area contributed by atoms with Crippen molar-refractivity contribution >= 4 is 17.3 Å². The summed E-state index contributed by atoms with van der Waals surface area (Å²) < 4.78 is 0. The van der Waals surface area contributed by atoms with Crippen LogP contribution in [0.15, 0.2) is 30.5 Å². The summed E-state index contributed by atoms with van der Waals surface area (Å²) in [4.78, 5) is 0. The van der Waals surface area contributed by atoms with Crippen LogP contribution >= 0.6 is 11.6 Å². The molecule has 1 aliphatic rings. The molecule has 1 heterocycles. The Bertz CT molecular complexity index is 372. The Kier molecular flexibility index (Phi) is 2.48. The lowest BCUT2D eigenvalue weighted by molar-refractivity contribution is 0.410. The van der Waals surface area contributed by atoms with Crippen molar-refractivity contribution in [1.29, 1.82) is 0 Å². The van der Waals surface area contributed by atoms with Gasteiger partial charge in [-0.15, -0.1) is 0 Å². The number of fused-ring (bicyclic) bond motifs is 1. The van der Waals surface area contributed by atoms with Crippen LogP contribution in [0.4, 0.5) is 5.69 Å². The second-order valence-electron chi connectivity index (χ2n) is 3.55. The summed E-state index contributed by atoms with van der Waals surface area (Å²) in [6.07, 6.45) is 5.20. The molecule has 0 unspecified atom stereocenters. The Morgan fingerprint density at radius 1 is 1.36 bits per heavy atom. The molecule has 1 aliphatic heterocycles. The lowest BCUT2D eigenvalue weighted by atomic mass is 10.1. The third kappa shape index (κ3) is 1.63. The van der Waals surface area contributed by atoms with Gasteiger partial charge in [-0.2, -0.15) is 0 Å². The van der Waals surface area contributed by atoms with E-state index in [2.05, 4.69) is 23.4 Å². The molecule has 0 N–H and O–H groups in total. The molecule has 0 saturated carbocycles. The van der Waals surface area contributed by atoms with Gasteiger partial charge in [-0.05, 0) is 24.1 Å². The van der Waals surface area contributed by atoms with E-state index in [9.17, 15) is 0 Å². The Morgan fingerprint density at radius 2 is 2.14 bits per heavy atom. The van der Waals surface area contributed by atoms with Gasteiger partial charge in [0.25, 0.3) is 0 Å². The second kappa shape index (κ2) is 3.64. The highest BCUT2D eigenvalue weighted by atomic mass is 35.5. The van der Waals surface area contributed by atoms with Crippen molar-refractivity contribution in [3.63, 3.8) is 0 Å². The molecule has 14 heavy (non-hydrogen) atoms. The maximum Gasteiger partial charge on any atom is 0.0622 e. The predicted molar refractivity (Wildman–Crippen MR) is 60.5 cm³/mol. The lowest BCUT2D eigenvalue weighted by Crippen LogP contribution is -2.34. The summed E-state index contributed by atoms with van der Waals surface area (Å²) >= 11 is 5.98. The topological polar surface area (TPSA) is 6.48 Å². The van der Waals surface area contributed by atoms with E-state index in [4.69, 9.17) is 11.6 Å². The number of hydrogen-bond acceptors (Lipinski definition) is 2. The van der Waals surface area contributed by atoms with Crippen molar-refractivity contribution in [1.82, 2.24) is 5.01 Å². The molecule has 0 amide bonds. The quantitative estimate of drug-likeness (QED) is 0.700. The summed E-state index contributed by atoms with van der Waals surface area (Å²) in [6.45, 7) is 0. The number of anilines is 1. The van der Waals surface area contributed by atoms with Gasteiger partial charge in [-0.3, -0.25) is 5.01 Å². The fourth-order valence-corrected chi connectivity index (χ4v) is 1.80. The fourth-order valence-electron chi connectivity index (χ4n) is 1.63. The van der Waals surface area contributed by atoms with Gasteiger partial charge in [-0.1, -0.05) is 23.7 Å². The minimum atomic E-state index is 0.783. The van der Waals surface area contributed by atoms with Crippen LogP contribution in [-0.2, 0) is 6.42 Å². The molecule has 0 aromatic heterocycles. The van der Waals surface area contributed by atoms with Crippen molar-refractivity contribution in [2.45, 2.75) is 6.42 Å². The average molecular weight is 209 g/mol. The average Bonchev–Trinajstić information content (AvgIpc) is 2.16. The van der Waals surface area contributed by atoms with Crippen molar-refractivity contribution in [2.75, 3.05) is 19.1 Å². The van der Waals surface area contributed by atoms with Gasteiger partial charge < -0.3 is 0 Å². The van der Waals surface area contributed by atoms with E-state index in [0.29, 0.717) is 0 Å². The number of halogens is 1. The normalized spacial score (nSPS) is 14.7. The van der Waals surface area contributed by atoms with Crippen LogP contribution in [0.2, 0.25) is 5.02 Å². The van der Waals surface area contributed by atoms with E-state index in [1.54, 1.807) is 0 Å². The molecule has 0 radical (unpaired) electrons. The van der Waals surface area contributed by atoms with Gasteiger partial charge in [0, 0.05) is 25.3 Å². The highest BCUT2D eigenvalue weighted by Crippen LogP contribution is 2.29. The summed E-state index contributed by atoms with van der Waals surface area (Å²) in [7, 11) is 4.03. The molecule has 1 aromatic carbocycles. The van der Waals surface area contributed by atoms with Crippen LogP contribution in [0.3, 0.4) is 0 Å². The highest BCUT2D eigenvalue weighted by molar-refractivity contribution is 6.30. The predicted octanol–water partition coefficient (Wildman–Crippen LogP) is 2.69. The second-order valence-corrected chi connectivity index (χ2v) is 3.99. The maximum absolute atomic E-state index is 5.98. The molecule has 0 bridgehead atoms. The molecule has 0 aliphatic carbocycles. The number of nitrogens with zero attached hydrogens (tertiary/aromatic N) is 2. The first-order valence-corrected chi connectivity index (χ1v) is 4.98. The van der Waals surface area contributed by atoms with Gasteiger partial charge in [0.15, 0.2) is 0 Å². The third-order valence-electron chi connectivity index (χ3n) is 2.31. The molecular weight excluding hydrogens is 196 g/mol. The van der Waals surface area contributed by atoms with Gasteiger partial charge in [0.1, 0.15) is 0 Å². The zero-order valence-corrected chi connectivity index (χ0v) is 9.12. The molecular formula is C11H13ClN2. The van der Waals surface area contributed by atoms with Crippen molar-refractivity contribution in [2.24, 2.45) is 0 Å². The van der Waals surface area contributed by atoms with E-state index in [-0.39, 0.29) is 0 Å². The number of hydrogen-bond donors (Lipinski definition) is 0. The molecule has 2 rings (SSSR count). The molecule has 2 nitrogen and oxygen atoms in total. The standard InChI is InChI=1S/C11H13ClN2/c1-13(2)14-7-3-4-9-5-6-10(12)8-11(9)14/h3,5-8H,4H2,1-2H3. The van der Waals surface area contributed by atoms with Crippen LogP contribution in [0.1, 0.15) is 5.56 Å². The van der Waals surface area contributed by atoms with Crippen LogP contribution in [-0.4, -0.2) is 19.1 Å². The SMILES string of the molecule is CN(C)N1C=CCc2ccc(Cl)cc21. The van der Waals surface area contributed by atoms with Gasteiger partial charge >= 0.3 is 0 Å². The Hall–Kier alpha value is -0.990.